The van der Waals surface area contributed by atoms with Crippen molar-refractivity contribution in [2.75, 3.05) is 25.0 Å². The molecule has 0 atom stereocenters. The number of nitrogens with zero attached hydrogens (tertiary/aromatic N) is 2. The van der Waals surface area contributed by atoms with Crippen LogP contribution in [0.4, 0.5) is 11.4 Å². The standard InChI is InChI=1S/C19H22BrN3O2/c20-18-14-17(23(24)25)6-7-19(18)21-16-9-12-22(13-10-16)11-8-15-4-2-1-3-5-15/h1-7,14,16,21H,8-13H2. The highest BCUT2D eigenvalue weighted by Gasteiger charge is 2.20. The van der Waals surface area contributed by atoms with Crippen molar-refractivity contribution < 1.29 is 4.92 Å². The van der Waals surface area contributed by atoms with E-state index >= 15 is 0 Å². The van der Waals surface area contributed by atoms with Gasteiger partial charge in [-0.05, 0) is 46.8 Å². The first-order valence-corrected chi connectivity index (χ1v) is 9.38. The number of rotatable bonds is 6. The molecule has 1 aliphatic heterocycles. The van der Waals surface area contributed by atoms with Crippen LogP contribution in [-0.4, -0.2) is 35.5 Å². The minimum Gasteiger partial charge on any atom is -0.381 e. The summed E-state index contributed by atoms with van der Waals surface area (Å²) in [6.07, 6.45) is 3.25. The third kappa shape index (κ3) is 5.03. The van der Waals surface area contributed by atoms with Crippen LogP contribution in [0.5, 0.6) is 0 Å². The van der Waals surface area contributed by atoms with Gasteiger partial charge in [-0.3, -0.25) is 10.1 Å². The van der Waals surface area contributed by atoms with Gasteiger partial charge in [-0.15, -0.1) is 0 Å². The largest absolute Gasteiger partial charge is 0.381 e. The van der Waals surface area contributed by atoms with Crippen molar-refractivity contribution in [1.29, 1.82) is 0 Å². The molecule has 1 heterocycles. The number of benzene rings is 2. The zero-order chi connectivity index (χ0) is 17.6. The number of likely N-dealkylation sites (tertiary alicyclic amines) is 1. The van der Waals surface area contributed by atoms with Crippen LogP contribution >= 0.6 is 15.9 Å². The topological polar surface area (TPSA) is 58.4 Å². The Morgan fingerprint density at radius 2 is 1.88 bits per heavy atom. The van der Waals surface area contributed by atoms with Crippen molar-refractivity contribution in [2.24, 2.45) is 0 Å². The molecule has 2 aromatic rings. The van der Waals surface area contributed by atoms with E-state index in [1.807, 2.05) is 0 Å². The summed E-state index contributed by atoms with van der Waals surface area (Å²) in [6.45, 7) is 3.25. The summed E-state index contributed by atoms with van der Waals surface area (Å²) >= 11 is 3.43. The van der Waals surface area contributed by atoms with Crippen LogP contribution in [0.15, 0.2) is 53.0 Å². The normalized spacial score (nSPS) is 15.9. The molecular weight excluding hydrogens is 382 g/mol. The lowest BCUT2D eigenvalue weighted by molar-refractivity contribution is -0.384. The molecular formula is C19H22BrN3O2. The van der Waals surface area contributed by atoms with Gasteiger partial charge in [0.25, 0.3) is 5.69 Å². The Bertz CT molecular complexity index is 716. The number of nitro benzene ring substituents is 1. The Hall–Kier alpha value is -1.92. The number of hydrogen-bond donors (Lipinski definition) is 1. The summed E-state index contributed by atoms with van der Waals surface area (Å²) in [5, 5.41) is 14.3. The molecule has 3 rings (SSSR count). The van der Waals surface area contributed by atoms with Gasteiger partial charge in [0.1, 0.15) is 0 Å². The van der Waals surface area contributed by atoms with Crippen LogP contribution in [0.1, 0.15) is 18.4 Å². The minimum absolute atomic E-state index is 0.105. The molecule has 0 radical (unpaired) electrons. The second-order valence-electron chi connectivity index (χ2n) is 6.42. The third-order valence-corrected chi connectivity index (χ3v) is 5.33. The molecule has 2 aromatic carbocycles. The van der Waals surface area contributed by atoms with E-state index in [1.54, 1.807) is 18.2 Å². The number of non-ortho nitro benzene ring substituents is 1. The summed E-state index contributed by atoms with van der Waals surface area (Å²) in [5.41, 5.74) is 2.42. The minimum atomic E-state index is -0.375. The Kier molecular flexibility index (Phi) is 6.04. The van der Waals surface area contributed by atoms with Crippen molar-refractivity contribution in [3.8, 4) is 0 Å². The van der Waals surface area contributed by atoms with E-state index in [1.165, 1.54) is 5.56 Å². The van der Waals surface area contributed by atoms with Crippen LogP contribution < -0.4 is 5.32 Å². The highest BCUT2D eigenvalue weighted by molar-refractivity contribution is 9.10. The van der Waals surface area contributed by atoms with Gasteiger partial charge in [-0.1, -0.05) is 30.3 Å². The fourth-order valence-electron chi connectivity index (χ4n) is 3.19. The Morgan fingerprint density at radius 3 is 2.52 bits per heavy atom. The molecule has 0 amide bonds. The predicted octanol–water partition coefficient (Wildman–Crippen LogP) is 4.48. The fourth-order valence-corrected chi connectivity index (χ4v) is 3.67. The Balaban J connectivity index is 1.47. The number of hydrogen-bond acceptors (Lipinski definition) is 4. The highest BCUT2D eigenvalue weighted by Crippen LogP contribution is 2.29. The molecule has 132 valence electrons. The average molecular weight is 404 g/mol. The van der Waals surface area contributed by atoms with Gasteiger partial charge in [0.2, 0.25) is 0 Å². The van der Waals surface area contributed by atoms with Crippen molar-refractivity contribution in [3.05, 3.63) is 68.7 Å². The van der Waals surface area contributed by atoms with E-state index in [4.69, 9.17) is 0 Å². The molecule has 0 bridgehead atoms. The van der Waals surface area contributed by atoms with Gasteiger partial charge in [-0.2, -0.15) is 0 Å². The number of nitrogens with one attached hydrogen (secondary N) is 1. The summed E-state index contributed by atoms with van der Waals surface area (Å²) in [5.74, 6) is 0. The second-order valence-corrected chi connectivity index (χ2v) is 7.27. The van der Waals surface area contributed by atoms with Gasteiger partial charge in [0, 0.05) is 48.0 Å². The molecule has 0 aliphatic carbocycles. The van der Waals surface area contributed by atoms with Gasteiger partial charge >= 0.3 is 0 Å². The lowest BCUT2D eigenvalue weighted by Crippen LogP contribution is -2.40. The van der Waals surface area contributed by atoms with Crippen molar-refractivity contribution in [1.82, 2.24) is 4.90 Å². The van der Waals surface area contributed by atoms with Gasteiger partial charge in [0.15, 0.2) is 0 Å². The summed E-state index contributed by atoms with van der Waals surface area (Å²) < 4.78 is 0.744. The maximum absolute atomic E-state index is 10.8. The maximum atomic E-state index is 10.8. The number of halogens is 1. The van der Waals surface area contributed by atoms with E-state index in [-0.39, 0.29) is 10.6 Å². The van der Waals surface area contributed by atoms with Crippen molar-refractivity contribution in [2.45, 2.75) is 25.3 Å². The molecule has 0 aromatic heterocycles. The van der Waals surface area contributed by atoms with Gasteiger partial charge in [0.05, 0.1) is 4.92 Å². The molecule has 6 heteroatoms. The number of anilines is 1. The van der Waals surface area contributed by atoms with Gasteiger partial charge < -0.3 is 10.2 Å². The Labute approximate surface area is 156 Å². The quantitative estimate of drug-likeness (QED) is 0.570. The van der Waals surface area contributed by atoms with Crippen LogP contribution in [0.2, 0.25) is 0 Å². The summed E-state index contributed by atoms with van der Waals surface area (Å²) in [6, 6.07) is 15.9. The molecule has 1 aliphatic rings. The molecule has 25 heavy (non-hydrogen) atoms. The van der Waals surface area contributed by atoms with Crippen LogP contribution in [0, 0.1) is 10.1 Å². The van der Waals surface area contributed by atoms with E-state index in [2.05, 4.69) is 56.5 Å². The maximum Gasteiger partial charge on any atom is 0.270 e. The highest BCUT2D eigenvalue weighted by atomic mass is 79.9. The third-order valence-electron chi connectivity index (χ3n) is 4.67. The first-order valence-electron chi connectivity index (χ1n) is 8.58. The number of nitro groups is 1. The zero-order valence-electron chi connectivity index (χ0n) is 14.0. The van der Waals surface area contributed by atoms with Crippen LogP contribution in [0.3, 0.4) is 0 Å². The first-order chi connectivity index (χ1) is 12.1. The van der Waals surface area contributed by atoms with Crippen molar-refractivity contribution in [3.63, 3.8) is 0 Å². The first kappa shape index (κ1) is 17.9. The molecule has 5 nitrogen and oxygen atoms in total. The molecule has 0 saturated carbocycles. The number of piperidine rings is 1. The predicted molar refractivity (Wildman–Crippen MR) is 104 cm³/mol. The molecule has 0 spiro atoms. The lowest BCUT2D eigenvalue weighted by atomic mass is 10.0. The zero-order valence-corrected chi connectivity index (χ0v) is 15.6. The monoisotopic (exact) mass is 403 g/mol. The smallest absolute Gasteiger partial charge is 0.270 e. The van der Waals surface area contributed by atoms with E-state index in [9.17, 15) is 10.1 Å². The summed E-state index contributed by atoms with van der Waals surface area (Å²) in [7, 11) is 0. The molecule has 0 unspecified atom stereocenters. The summed E-state index contributed by atoms with van der Waals surface area (Å²) in [4.78, 5) is 12.9. The van der Waals surface area contributed by atoms with E-state index in [0.717, 1.165) is 49.1 Å². The fraction of sp³-hybridized carbons (Fsp3) is 0.368. The van der Waals surface area contributed by atoms with Crippen LogP contribution in [0.25, 0.3) is 0 Å². The van der Waals surface area contributed by atoms with Crippen molar-refractivity contribution >= 4 is 27.3 Å². The lowest BCUT2D eigenvalue weighted by Gasteiger charge is -2.33. The molecule has 1 N–H and O–H groups in total. The Morgan fingerprint density at radius 1 is 1.16 bits per heavy atom. The van der Waals surface area contributed by atoms with E-state index < -0.39 is 0 Å². The van der Waals surface area contributed by atoms with Crippen LogP contribution in [-0.2, 0) is 6.42 Å². The molecule has 1 fully saturated rings. The second kappa shape index (κ2) is 8.45. The SMILES string of the molecule is O=[N+]([O-])c1ccc(NC2CCN(CCc3ccccc3)CC2)c(Br)c1. The van der Waals surface area contributed by atoms with Gasteiger partial charge in [-0.25, -0.2) is 0 Å². The molecule has 1 saturated heterocycles. The van der Waals surface area contributed by atoms with E-state index in [0.29, 0.717) is 6.04 Å². The average Bonchev–Trinajstić information content (AvgIpc) is 2.63.